The fourth-order valence-corrected chi connectivity index (χ4v) is 1.85. The molecule has 1 aromatic carbocycles. The smallest absolute Gasteiger partial charge is 0.241 e. The number of rotatable bonds is 3. The molecule has 0 spiro atoms. The number of nitrogens with one attached hydrogen (secondary N) is 2. The molecule has 0 fully saturated rings. The molecule has 21 heavy (non-hydrogen) atoms. The van der Waals surface area contributed by atoms with Gasteiger partial charge in [-0.25, -0.2) is 4.98 Å². The second kappa shape index (κ2) is 5.65. The molecule has 0 aliphatic rings. The van der Waals surface area contributed by atoms with Crippen LogP contribution in [0.1, 0.15) is 26.6 Å². The third-order valence-corrected chi connectivity index (χ3v) is 3.24. The minimum absolute atomic E-state index is 0.220. The maximum absolute atomic E-state index is 12.3. The van der Waals surface area contributed by atoms with Crippen LogP contribution >= 0.6 is 0 Å². The number of aryl methyl sites for hydroxylation is 1. The molecule has 0 saturated heterocycles. The van der Waals surface area contributed by atoms with Crippen molar-refractivity contribution < 1.29 is 4.79 Å². The van der Waals surface area contributed by atoms with Gasteiger partial charge in [0.15, 0.2) is 5.82 Å². The van der Waals surface area contributed by atoms with Crippen molar-refractivity contribution in [3.05, 3.63) is 30.1 Å². The van der Waals surface area contributed by atoms with Crippen LogP contribution in [0.5, 0.6) is 0 Å². The molecule has 6 nitrogen and oxygen atoms in total. The van der Waals surface area contributed by atoms with Crippen LogP contribution in [0.15, 0.2) is 24.3 Å². The molecule has 0 saturated carbocycles. The summed E-state index contributed by atoms with van der Waals surface area (Å²) in [5.74, 6) is 1.05. The Bertz CT molecular complexity index is 642. The van der Waals surface area contributed by atoms with Crippen molar-refractivity contribution in [1.29, 1.82) is 0 Å². The first-order valence-electron chi connectivity index (χ1n) is 6.84. The predicted molar refractivity (Wildman–Crippen MR) is 82.6 cm³/mol. The van der Waals surface area contributed by atoms with Crippen LogP contribution in [-0.4, -0.2) is 27.1 Å². The normalized spacial score (nSPS) is 13.0. The number of aromatic amines is 1. The molecule has 6 heteroatoms. The Morgan fingerprint density at radius 1 is 1.33 bits per heavy atom. The van der Waals surface area contributed by atoms with Gasteiger partial charge < -0.3 is 11.1 Å². The van der Waals surface area contributed by atoms with Crippen molar-refractivity contribution in [3.8, 4) is 11.4 Å². The van der Waals surface area contributed by atoms with Gasteiger partial charge >= 0.3 is 0 Å². The van der Waals surface area contributed by atoms with Gasteiger partial charge in [0.25, 0.3) is 0 Å². The van der Waals surface area contributed by atoms with Crippen LogP contribution in [0.25, 0.3) is 11.4 Å². The lowest BCUT2D eigenvalue weighted by Gasteiger charge is -2.26. The average molecular weight is 287 g/mol. The van der Waals surface area contributed by atoms with E-state index < -0.39 is 6.04 Å². The Morgan fingerprint density at radius 3 is 2.57 bits per heavy atom. The minimum Gasteiger partial charge on any atom is -0.324 e. The third kappa shape index (κ3) is 3.46. The number of para-hydroxylation sites is 1. The van der Waals surface area contributed by atoms with Gasteiger partial charge in [-0.05, 0) is 24.5 Å². The summed E-state index contributed by atoms with van der Waals surface area (Å²) in [6.45, 7) is 7.62. The highest BCUT2D eigenvalue weighted by atomic mass is 16.2. The van der Waals surface area contributed by atoms with E-state index in [0.717, 1.165) is 11.4 Å². The van der Waals surface area contributed by atoms with Crippen molar-refractivity contribution in [2.75, 3.05) is 5.32 Å². The zero-order chi connectivity index (χ0) is 15.6. The van der Waals surface area contributed by atoms with Crippen LogP contribution in [0, 0.1) is 12.3 Å². The van der Waals surface area contributed by atoms with E-state index in [0.29, 0.717) is 11.5 Å². The molecule has 0 aliphatic heterocycles. The minimum atomic E-state index is -0.598. The summed E-state index contributed by atoms with van der Waals surface area (Å²) >= 11 is 0. The molecule has 112 valence electrons. The van der Waals surface area contributed by atoms with E-state index in [4.69, 9.17) is 5.73 Å². The summed E-state index contributed by atoms with van der Waals surface area (Å²) in [4.78, 5) is 16.6. The van der Waals surface area contributed by atoms with Gasteiger partial charge in [0.05, 0.1) is 11.7 Å². The van der Waals surface area contributed by atoms with Crippen molar-refractivity contribution in [3.63, 3.8) is 0 Å². The number of hydrogen-bond acceptors (Lipinski definition) is 4. The SMILES string of the molecule is Cc1nc(-c2ccccc2NC(=O)[C@H](N)C(C)(C)C)n[nH]1. The fraction of sp³-hybridized carbons (Fsp3) is 0.400. The fourth-order valence-electron chi connectivity index (χ4n) is 1.85. The summed E-state index contributed by atoms with van der Waals surface area (Å²) in [5, 5.41) is 9.79. The van der Waals surface area contributed by atoms with Crippen molar-refractivity contribution in [1.82, 2.24) is 15.2 Å². The first kappa shape index (κ1) is 15.2. The van der Waals surface area contributed by atoms with Crippen molar-refractivity contribution in [2.24, 2.45) is 11.1 Å². The monoisotopic (exact) mass is 287 g/mol. The highest BCUT2D eigenvalue weighted by molar-refractivity contribution is 5.98. The molecule has 1 amide bonds. The Kier molecular flexibility index (Phi) is 4.09. The largest absolute Gasteiger partial charge is 0.324 e. The number of nitrogens with zero attached hydrogens (tertiary/aromatic N) is 2. The van der Waals surface area contributed by atoms with Gasteiger partial charge in [0.1, 0.15) is 5.82 Å². The van der Waals surface area contributed by atoms with Gasteiger partial charge in [-0.2, -0.15) is 5.10 Å². The third-order valence-electron chi connectivity index (χ3n) is 3.24. The summed E-state index contributed by atoms with van der Waals surface area (Å²) in [6, 6.07) is 6.80. The van der Waals surface area contributed by atoms with Gasteiger partial charge in [-0.3, -0.25) is 9.89 Å². The second-order valence-corrected chi connectivity index (χ2v) is 6.12. The van der Waals surface area contributed by atoms with Crippen molar-refractivity contribution >= 4 is 11.6 Å². The van der Waals surface area contributed by atoms with E-state index >= 15 is 0 Å². The molecule has 2 aromatic rings. The van der Waals surface area contributed by atoms with Crippen LogP contribution < -0.4 is 11.1 Å². The van der Waals surface area contributed by atoms with E-state index in [9.17, 15) is 4.79 Å². The topological polar surface area (TPSA) is 96.7 Å². The van der Waals surface area contributed by atoms with Gasteiger partial charge in [0.2, 0.25) is 5.91 Å². The average Bonchev–Trinajstić information content (AvgIpc) is 2.84. The van der Waals surface area contributed by atoms with E-state index in [2.05, 4.69) is 20.5 Å². The molecule has 0 unspecified atom stereocenters. The van der Waals surface area contributed by atoms with E-state index in [1.165, 1.54) is 0 Å². The molecule has 1 aromatic heterocycles. The predicted octanol–water partition coefficient (Wildman–Crippen LogP) is 2.09. The zero-order valence-electron chi connectivity index (χ0n) is 12.8. The van der Waals surface area contributed by atoms with Crippen LogP contribution in [-0.2, 0) is 4.79 Å². The molecule has 1 heterocycles. The lowest BCUT2D eigenvalue weighted by Crippen LogP contribution is -2.45. The molecular weight excluding hydrogens is 266 g/mol. The molecule has 0 radical (unpaired) electrons. The first-order chi connectivity index (χ1) is 9.79. The Labute approximate surface area is 124 Å². The molecule has 1 atom stereocenters. The summed E-state index contributed by atoms with van der Waals surface area (Å²) in [7, 11) is 0. The number of H-pyrrole nitrogens is 1. The number of carbonyl (C=O) groups excluding carboxylic acids is 1. The number of benzene rings is 1. The Morgan fingerprint density at radius 2 is 2.00 bits per heavy atom. The standard InChI is InChI=1S/C15H21N5O/c1-9-17-13(20-19-9)10-7-5-6-8-11(10)18-14(21)12(16)15(2,3)4/h5-8,12H,16H2,1-4H3,(H,18,21)(H,17,19,20)/t12-/m0/s1. The first-order valence-corrected chi connectivity index (χ1v) is 6.84. The van der Waals surface area contributed by atoms with Crippen LogP contribution in [0.3, 0.4) is 0 Å². The van der Waals surface area contributed by atoms with E-state index in [1.807, 2.05) is 52.0 Å². The number of hydrogen-bond donors (Lipinski definition) is 3. The molecule has 4 N–H and O–H groups in total. The zero-order valence-corrected chi connectivity index (χ0v) is 12.8. The van der Waals surface area contributed by atoms with Gasteiger partial charge in [-0.1, -0.05) is 32.9 Å². The van der Waals surface area contributed by atoms with Crippen LogP contribution in [0.2, 0.25) is 0 Å². The maximum Gasteiger partial charge on any atom is 0.241 e. The Balaban J connectivity index is 2.28. The highest BCUT2D eigenvalue weighted by Crippen LogP contribution is 2.26. The van der Waals surface area contributed by atoms with E-state index in [1.54, 1.807) is 0 Å². The van der Waals surface area contributed by atoms with Gasteiger partial charge in [0, 0.05) is 5.56 Å². The quantitative estimate of drug-likeness (QED) is 0.805. The maximum atomic E-state index is 12.3. The number of carbonyl (C=O) groups is 1. The summed E-state index contributed by atoms with van der Waals surface area (Å²) in [6.07, 6.45) is 0. The second-order valence-electron chi connectivity index (χ2n) is 6.12. The lowest BCUT2D eigenvalue weighted by atomic mass is 9.87. The van der Waals surface area contributed by atoms with Crippen molar-refractivity contribution in [2.45, 2.75) is 33.7 Å². The number of aromatic nitrogens is 3. The molecular formula is C15H21N5O. The van der Waals surface area contributed by atoms with E-state index in [-0.39, 0.29) is 11.3 Å². The molecule has 0 bridgehead atoms. The Hall–Kier alpha value is -2.21. The molecule has 2 rings (SSSR count). The highest BCUT2D eigenvalue weighted by Gasteiger charge is 2.28. The summed E-state index contributed by atoms with van der Waals surface area (Å²) < 4.78 is 0. The van der Waals surface area contributed by atoms with Crippen LogP contribution in [0.4, 0.5) is 5.69 Å². The number of nitrogens with two attached hydrogens (primary N) is 1. The number of amides is 1. The molecule has 0 aliphatic carbocycles. The van der Waals surface area contributed by atoms with Gasteiger partial charge in [-0.15, -0.1) is 0 Å². The summed E-state index contributed by atoms with van der Waals surface area (Å²) in [5.41, 5.74) is 7.09. The lowest BCUT2D eigenvalue weighted by molar-refractivity contribution is -0.119. The number of anilines is 1.